The number of carbonyl (C=O) groups excluding carboxylic acids is 2. The van der Waals surface area contributed by atoms with Gasteiger partial charge in [0.05, 0.1) is 10.6 Å². The molecule has 0 heterocycles. The van der Waals surface area contributed by atoms with Gasteiger partial charge >= 0.3 is 0 Å². The first-order valence-electron chi connectivity index (χ1n) is 6.10. The first-order valence-corrected chi connectivity index (χ1v) is 6.85. The van der Waals surface area contributed by atoms with Crippen LogP contribution < -0.4 is 10.9 Å². The number of hydrogen-bond acceptors (Lipinski definition) is 2. The van der Waals surface area contributed by atoms with Crippen LogP contribution in [0.25, 0.3) is 0 Å². The molecule has 0 saturated carbocycles. The number of amides is 2. The zero-order valence-corrected chi connectivity index (χ0v) is 12.6. The molecule has 0 aliphatic carbocycles. The van der Waals surface area contributed by atoms with Crippen molar-refractivity contribution in [3.05, 3.63) is 69.2 Å². The smallest absolute Gasteiger partial charge is 0.267 e. The van der Waals surface area contributed by atoms with Gasteiger partial charge in [-0.1, -0.05) is 40.9 Å². The molecule has 0 aromatic heterocycles. The summed E-state index contributed by atoms with van der Waals surface area (Å²) in [5.74, 6) is -0.925. The molecule has 0 fully saturated rings. The van der Waals surface area contributed by atoms with Crippen LogP contribution in [0.4, 0.5) is 0 Å². The minimum absolute atomic E-state index is 0.213. The summed E-state index contributed by atoms with van der Waals surface area (Å²) in [4.78, 5) is 23.8. The Balaban J connectivity index is 2.00. The molecule has 2 amide bonds. The fourth-order valence-corrected chi connectivity index (χ4v) is 2.13. The van der Waals surface area contributed by atoms with E-state index in [2.05, 4.69) is 10.9 Å². The van der Waals surface area contributed by atoms with Crippen molar-refractivity contribution in [3.63, 3.8) is 0 Å². The van der Waals surface area contributed by atoms with Gasteiger partial charge in [-0.3, -0.25) is 20.4 Å². The van der Waals surface area contributed by atoms with Crippen molar-refractivity contribution in [1.82, 2.24) is 10.9 Å². The molecule has 21 heavy (non-hydrogen) atoms. The Morgan fingerprint density at radius 3 is 2.14 bits per heavy atom. The summed E-state index contributed by atoms with van der Waals surface area (Å²) >= 11 is 11.7. The number of hydrazine groups is 1. The second kappa shape index (κ2) is 6.61. The molecule has 0 unspecified atom stereocenters. The highest BCUT2D eigenvalue weighted by molar-refractivity contribution is 6.36. The fourth-order valence-electron chi connectivity index (χ4n) is 1.63. The lowest BCUT2D eigenvalue weighted by Gasteiger charge is -2.09. The first kappa shape index (κ1) is 15.4. The number of rotatable bonds is 2. The molecular weight excluding hydrogens is 311 g/mol. The summed E-state index contributed by atoms with van der Waals surface area (Å²) in [5, 5.41) is 0.643. The van der Waals surface area contributed by atoms with Crippen molar-refractivity contribution in [2.75, 3.05) is 0 Å². The van der Waals surface area contributed by atoms with E-state index in [0.29, 0.717) is 10.6 Å². The van der Waals surface area contributed by atoms with Gasteiger partial charge in [0.2, 0.25) is 0 Å². The van der Waals surface area contributed by atoms with Gasteiger partial charge in [0, 0.05) is 10.6 Å². The minimum atomic E-state index is -0.517. The van der Waals surface area contributed by atoms with Crippen LogP contribution in [0.2, 0.25) is 10.0 Å². The topological polar surface area (TPSA) is 58.2 Å². The zero-order chi connectivity index (χ0) is 15.4. The third-order valence-corrected chi connectivity index (χ3v) is 3.33. The van der Waals surface area contributed by atoms with E-state index in [1.54, 1.807) is 18.2 Å². The molecule has 2 aromatic carbocycles. The van der Waals surface area contributed by atoms with Gasteiger partial charge < -0.3 is 0 Å². The molecule has 0 aliphatic rings. The molecule has 108 valence electrons. The molecule has 2 aromatic rings. The van der Waals surface area contributed by atoms with Crippen molar-refractivity contribution in [2.45, 2.75) is 6.92 Å². The van der Waals surface area contributed by atoms with E-state index in [-0.39, 0.29) is 10.6 Å². The van der Waals surface area contributed by atoms with Gasteiger partial charge in [-0.05, 0) is 37.3 Å². The third-order valence-electron chi connectivity index (χ3n) is 2.78. The number of nitrogens with one attached hydrogen (secondary N) is 2. The largest absolute Gasteiger partial charge is 0.271 e. The zero-order valence-electron chi connectivity index (χ0n) is 11.1. The van der Waals surface area contributed by atoms with Crippen LogP contribution in [0.5, 0.6) is 0 Å². The molecule has 0 atom stereocenters. The minimum Gasteiger partial charge on any atom is -0.267 e. The van der Waals surface area contributed by atoms with Gasteiger partial charge in [-0.2, -0.15) is 0 Å². The van der Waals surface area contributed by atoms with Gasteiger partial charge in [0.15, 0.2) is 0 Å². The number of benzene rings is 2. The molecule has 4 nitrogen and oxygen atoms in total. The van der Waals surface area contributed by atoms with Gasteiger partial charge in [0.1, 0.15) is 0 Å². The summed E-state index contributed by atoms with van der Waals surface area (Å²) in [6.07, 6.45) is 0. The average molecular weight is 323 g/mol. The Kier molecular flexibility index (Phi) is 4.83. The quantitative estimate of drug-likeness (QED) is 0.833. The maximum Gasteiger partial charge on any atom is 0.271 e. The van der Waals surface area contributed by atoms with Crippen molar-refractivity contribution in [2.24, 2.45) is 0 Å². The Labute approximate surface area is 132 Å². The normalized spacial score (nSPS) is 10.0. The van der Waals surface area contributed by atoms with E-state index < -0.39 is 11.8 Å². The Hall–Kier alpha value is -2.04. The Bertz CT molecular complexity index is 685. The van der Waals surface area contributed by atoms with Crippen molar-refractivity contribution >= 4 is 35.0 Å². The lowest BCUT2D eigenvalue weighted by molar-refractivity contribution is 0.0846. The number of hydrogen-bond donors (Lipinski definition) is 2. The predicted octanol–water partition coefficient (Wildman–Crippen LogP) is 3.38. The van der Waals surface area contributed by atoms with Gasteiger partial charge in [0.25, 0.3) is 11.8 Å². The average Bonchev–Trinajstić information content (AvgIpc) is 2.45. The first-order chi connectivity index (χ1) is 9.97. The van der Waals surface area contributed by atoms with Crippen LogP contribution in [-0.4, -0.2) is 11.8 Å². The number of halogens is 2. The van der Waals surface area contributed by atoms with Crippen molar-refractivity contribution in [1.29, 1.82) is 0 Å². The summed E-state index contributed by atoms with van der Waals surface area (Å²) in [6.45, 7) is 1.92. The van der Waals surface area contributed by atoms with Crippen LogP contribution in [-0.2, 0) is 0 Å². The maximum atomic E-state index is 11.9. The van der Waals surface area contributed by atoms with E-state index in [1.165, 1.54) is 12.1 Å². The molecule has 0 bridgehead atoms. The van der Waals surface area contributed by atoms with Crippen LogP contribution in [0.1, 0.15) is 26.3 Å². The Morgan fingerprint density at radius 1 is 0.905 bits per heavy atom. The second-order valence-electron chi connectivity index (χ2n) is 4.40. The van der Waals surface area contributed by atoms with Gasteiger partial charge in [-0.15, -0.1) is 0 Å². The molecule has 0 aliphatic heterocycles. The van der Waals surface area contributed by atoms with Crippen molar-refractivity contribution < 1.29 is 9.59 Å². The van der Waals surface area contributed by atoms with E-state index in [1.807, 2.05) is 19.1 Å². The highest BCUT2D eigenvalue weighted by Crippen LogP contribution is 2.20. The van der Waals surface area contributed by atoms with Crippen LogP contribution in [0.15, 0.2) is 42.5 Å². The van der Waals surface area contributed by atoms with E-state index in [4.69, 9.17) is 23.2 Å². The number of carbonyl (C=O) groups is 2. The standard InChI is InChI=1S/C15H12Cl2N2O2/c1-9-2-4-10(5-3-9)14(20)18-19-15(21)12-7-6-11(16)8-13(12)17/h2-8H,1H3,(H,18,20)(H,19,21). The van der Waals surface area contributed by atoms with E-state index in [9.17, 15) is 9.59 Å². The Morgan fingerprint density at radius 2 is 1.52 bits per heavy atom. The fraction of sp³-hybridized carbons (Fsp3) is 0.0667. The lowest BCUT2D eigenvalue weighted by atomic mass is 10.1. The molecule has 2 rings (SSSR count). The predicted molar refractivity (Wildman–Crippen MR) is 82.6 cm³/mol. The summed E-state index contributed by atoms with van der Waals surface area (Å²) in [7, 11) is 0. The van der Waals surface area contributed by atoms with Crippen LogP contribution in [0, 0.1) is 6.92 Å². The van der Waals surface area contributed by atoms with E-state index in [0.717, 1.165) is 5.56 Å². The highest BCUT2D eigenvalue weighted by atomic mass is 35.5. The lowest BCUT2D eigenvalue weighted by Crippen LogP contribution is -2.41. The van der Waals surface area contributed by atoms with Gasteiger partial charge in [-0.25, -0.2) is 0 Å². The maximum absolute atomic E-state index is 11.9. The summed E-state index contributed by atoms with van der Waals surface area (Å²) < 4.78 is 0. The summed E-state index contributed by atoms with van der Waals surface area (Å²) in [6, 6.07) is 11.5. The monoisotopic (exact) mass is 322 g/mol. The molecule has 2 N–H and O–H groups in total. The third kappa shape index (κ3) is 3.97. The second-order valence-corrected chi connectivity index (χ2v) is 5.24. The van der Waals surface area contributed by atoms with Crippen LogP contribution >= 0.6 is 23.2 Å². The molecule has 6 heteroatoms. The molecule has 0 radical (unpaired) electrons. The summed E-state index contributed by atoms with van der Waals surface area (Å²) in [5.41, 5.74) is 6.35. The van der Waals surface area contributed by atoms with Crippen molar-refractivity contribution in [3.8, 4) is 0 Å². The molecule has 0 spiro atoms. The highest BCUT2D eigenvalue weighted by Gasteiger charge is 2.12. The molecular formula is C15H12Cl2N2O2. The van der Waals surface area contributed by atoms with E-state index >= 15 is 0 Å². The molecule has 0 saturated heterocycles. The van der Waals surface area contributed by atoms with Crippen LogP contribution in [0.3, 0.4) is 0 Å². The number of aryl methyl sites for hydroxylation is 1. The SMILES string of the molecule is Cc1ccc(C(=O)NNC(=O)c2ccc(Cl)cc2Cl)cc1.